The zero-order valence-electron chi connectivity index (χ0n) is 24.4. The molecule has 1 fully saturated rings. The predicted octanol–water partition coefficient (Wildman–Crippen LogP) is 6.37. The molecule has 2 N–H and O–H groups in total. The molecule has 0 saturated carbocycles. The lowest BCUT2D eigenvalue weighted by atomic mass is 9.91. The van der Waals surface area contributed by atoms with Crippen LogP contribution in [-0.4, -0.2) is 57.9 Å². The van der Waals surface area contributed by atoms with E-state index < -0.39 is 34.5 Å². The standard InChI is InChI=1S/C30H39F3N4O3/c1-17(19-11-9-12-21(26(19)31)30(32,33)29(5,6)38)34-27-20-15-24(23(39-8)16-22(20)35-18(2)36-27)40-28(3,4)25-13-10-14-37(25)7/h9,11-12,15-17,25,38H,10,13-14H2,1-8H3,(H,34,35,36)/t17-,25+/m1/s1. The highest BCUT2D eigenvalue weighted by molar-refractivity contribution is 5.92. The van der Waals surface area contributed by atoms with Gasteiger partial charge in [-0.05, 0) is 80.1 Å². The number of hydrogen-bond acceptors (Lipinski definition) is 7. The van der Waals surface area contributed by atoms with Gasteiger partial charge in [-0.25, -0.2) is 14.4 Å². The van der Waals surface area contributed by atoms with E-state index in [2.05, 4.69) is 41.1 Å². The molecule has 0 aliphatic carbocycles. The number of halogens is 3. The molecule has 218 valence electrons. The number of likely N-dealkylation sites (N-methyl/N-ethyl adjacent to an activating group) is 1. The summed E-state index contributed by atoms with van der Waals surface area (Å²) in [5.41, 5.74) is -3.23. The number of nitrogens with one attached hydrogen (secondary N) is 1. The van der Waals surface area contributed by atoms with Crippen molar-refractivity contribution in [3.05, 3.63) is 53.1 Å². The topological polar surface area (TPSA) is 79.7 Å². The van der Waals surface area contributed by atoms with Crippen LogP contribution in [0.25, 0.3) is 10.9 Å². The Kier molecular flexibility index (Phi) is 7.99. The summed E-state index contributed by atoms with van der Waals surface area (Å²) in [7, 11) is 3.66. The number of methoxy groups -OCH3 is 1. The number of benzene rings is 2. The average Bonchev–Trinajstić information content (AvgIpc) is 3.30. The fourth-order valence-corrected chi connectivity index (χ4v) is 5.48. The maximum Gasteiger partial charge on any atom is 0.303 e. The second kappa shape index (κ2) is 10.7. The van der Waals surface area contributed by atoms with E-state index in [-0.39, 0.29) is 11.6 Å². The number of ether oxygens (including phenoxy) is 2. The van der Waals surface area contributed by atoms with Gasteiger partial charge in [-0.2, -0.15) is 8.78 Å². The Balaban J connectivity index is 1.74. The van der Waals surface area contributed by atoms with Gasteiger partial charge in [0.25, 0.3) is 0 Å². The summed E-state index contributed by atoms with van der Waals surface area (Å²) in [5, 5.41) is 13.8. The van der Waals surface area contributed by atoms with E-state index in [9.17, 15) is 13.9 Å². The summed E-state index contributed by atoms with van der Waals surface area (Å²) < 4.78 is 57.4. The molecule has 0 bridgehead atoms. The first-order valence-electron chi connectivity index (χ1n) is 13.5. The Morgan fingerprint density at radius 2 is 1.82 bits per heavy atom. The van der Waals surface area contributed by atoms with Gasteiger partial charge in [0.15, 0.2) is 11.5 Å². The normalized spacial score (nSPS) is 17.8. The molecule has 0 unspecified atom stereocenters. The van der Waals surface area contributed by atoms with E-state index in [4.69, 9.17) is 9.47 Å². The highest BCUT2D eigenvalue weighted by atomic mass is 19.3. The first-order valence-corrected chi connectivity index (χ1v) is 13.5. The molecule has 10 heteroatoms. The minimum Gasteiger partial charge on any atom is -0.493 e. The number of hydrogen-bond donors (Lipinski definition) is 2. The number of anilines is 1. The van der Waals surface area contributed by atoms with Gasteiger partial charge >= 0.3 is 5.92 Å². The second-order valence-corrected chi connectivity index (χ2v) is 11.7. The van der Waals surface area contributed by atoms with Crippen LogP contribution in [0.1, 0.15) is 70.5 Å². The predicted molar refractivity (Wildman–Crippen MR) is 150 cm³/mol. The van der Waals surface area contributed by atoms with E-state index in [0.717, 1.165) is 39.3 Å². The number of aryl methyl sites for hydroxylation is 1. The molecule has 2 heterocycles. The Morgan fingerprint density at radius 3 is 2.42 bits per heavy atom. The van der Waals surface area contributed by atoms with Crippen LogP contribution in [0.15, 0.2) is 30.3 Å². The van der Waals surface area contributed by atoms with Crippen LogP contribution in [0.5, 0.6) is 11.5 Å². The summed E-state index contributed by atoms with van der Waals surface area (Å²) in [4.78, 5) is 11.4. The Bertz CT molecular complexity index is 1390. The summed E-state index contributed by atoms with van der Waals surface area (Å²) >= 11 is 0. The number of aliphatic hydroxyl groups is 1. The van der Waals surface area contributed by atoms with Crippen molar-refractivity contribution in [1.82, 2.24) is 14.9 Å². The zero-order valence-corrected chi connectivity index (χ0v) is 24.4. The third-order valence-electron chi connectivity index (χ3n) is 7.74. The lowest BCUT2D eigenvalue weighted by molar-refractivity contribution is -0.170. The number of alkyl halides is 2. The van der Waals surface area contributed by atoms with Crippen LogP contribution in [0, 0.1) is 12.7 Å². The van der Waals surface area contributed by atoms with Crippen molar-refractivity contribution < 1.29 is 27.8 Å². The molecule has 0 spiro atoms. The SMILES string of the molecule is COc1cc2nc(C)nc(N[C@H](C)c3cccc(C(F)(F)C(C)(C)O)c3F)c2cc1OC(C)(C)[C@@H]1CCCN1C. The lowest BCUT2D eigenvalue weighted by Gasteiger charge is -2.36. The lowest BCUT2D eigenvalue weighted by Crippen LogP contribution is -2.48. The summed E-state index contributed by atoms with van der Waals surface area (Å²) in [6.45, 7) is 10.4. The number of fused-ring (bicyclic) bond motifs is 1. The fraction of sp³-hybridized carbons (Fsp3) is 0.533. The third-order valence-corrected chi connectivity index (χ3v) is 7.74. The second-order valence-electron chi connectivity index (χ2n) is 11.7. The van der Waals surface area contributed by atoms with Crippen molar-refractivity contribution >= 4 is 16.7 Å². The summed E-state index contributed by atoms with van der Waals surface area (Å²) in [6.07, 6.45) is 2.12. The van der Waals surface area contributed by atoms with E-state index in [1.807, 2.05) is 0 Å². The zero-order chi connectivity index (χ0) is 29.6. The van der Waals surface area contributed by atoms with Crippen molar-refractivity contribution in [2.45, 2.75) is 83.6 Å². The minimum atomic E-state index is -3.80. The Labute approximate surface area is 233 Å². The molecule has 1 aliphatic rings. The van der Waals surface area contributed by atoms with Gasteiger partial charge in [-0.1, -0.05) is 12.1 Å². The largest absolute Gasteiger partial charge is 0.493 e. The van der Waals surface area contributed by atoms with Crippen LogP contribution in [0.4, 0.5) is 19.0 Å². The maximum atomic E-state index is 15.5. The molecule has 4 rings (SSSR count). The van der Waals surface area contributed by atoms with Crippen molar-refractivity contribution in [3.8, 4) is 11.5 Å². The van der Waals surface area contributed by atoms with E-state index >= 15 is 4.39 Å². The molecule has 3 aromatic rings. The van der Waals surface area contributed by atoms with Crippen molar-refractivity contribution in [3.63, 3.8) is 0 Å². The van der Waals surface area contributed by atoms with Crippen LogP contribution >= 0.6 is 0 Å². The first-order chi connectivity index (χ1) is 18.6. The van der Waals surface area contributed by atoms with E-state index in [0.29, 0.717) is 34.0 Å². The highest BCUT2D eigenvalue weighted by Crippen LogP contribution is 2.42. The first kappa shape index (κ1) is 29.9. The molecular weight excluding hydrogens is 521 g/mol. The van der Waals surface area contributed by atoms with Gasteiger partial charge in [-0.3, -0.25) is 4.90 Å². The van der Waals surface area contributed by atoms with Crippen molar-refractivity contribution in [1.29, 1.82) is 0 Å². The van der Waals surface area contributed by atoms with E-state index in [1.54, 1.807) is 33.1 Å². The molecular formula is C30H39F3N4O3. The average molecular weight is 561 g/mol. The van der Waals surface area contributed by atoms with Gasteiger partial charge < -0.3 is 19.9 Å². The Hall–Kier alpha value is -3.11. The summed E-state index contributed by atoms with van der Waals surface area (Å²) in [5.74, 6) is -2.98. The minimum absolute atomic E-state index is 0.0150. The van der Waals surface area contributed by atoms with Gasteiger partial charge in [0.1, 0.15) is 28.7 Å². The number of nitrogens with zero attached hydrogens (tertiary/aromatic N) is 3. The van der Waals surface area contributed by atoms with E-state index in [1.165, 1.54) is 12.1 Å². The quantitative estimate of drug-likeness (QED) is 0.315. The number of likely N-dealkylation sites (tertiary alicyclic amines) is 1. The third kappa shape index (κ3) is 5.56. The molecule has 2 aromatic carbocycles. The van der Waals surface area contributed by atoms with Gasteiger partial charge in [-0.15, -0.1) is 0 Å². The number of rotatable bonds is 9. The number of aromatic nitrogens is 2. The van der Waals surface area contributed by atoms with Gasteiger partial charge in [0, 0.05) is 23.1 Å². The van der Waals surface area contributed by atoms with Crippen LogP contribution in [0.2, 0.25) is 0 Å². The highest BCUT2D eigenvalue weighted by Gasteiger charge is 2.49. The molecule has 1 aliphatic heterocycles. The molecule has 40 heavy (non-hydrogen) atoms. The van der Waals surface area contributed by atoms with Crippen molar-refractivity contribution in [2.24, 2.45) is 0 Å². The van der Waals surface area contributed by atoms with Crippen molar-refractivity contribution in [2.75, 3.05) is 26.0 Å². The summed E-state index contributed by atoms with van der Waals surface area (Å²) in [6, 6.07) is 6.83. The van der Waals surface area contributed by atoms with Crippen LogP contribution < -0.4 is 14.8 Å². The molecule has 2 atom stereocenters. The molecule has 1 aromatic heterocycles. The molecule has 1 saturated heterocycles. The van der Waals surface area contributed by atoms with Crippen LogP contribution in [0.3, 0.4) is 0 Å². The fourth-order valence-electron chi connectivity index (χ4n) is 5.48. The Morgan fingerprint density at radius 1 is 1.12 bits per heavy atom. The monoisotopic (exact) mass is 560 g/mol. The molecule has 7 nitrogen and oxygen atoms in total. The molecule has 0 radical (unpaired) electrons. The molecule has 0 amide bonds. The van der Waals surface area contributed by atoms with Crippen LogP contribution in [-0.2, 0) is 5.92 Å². The maximum absolute atomic E-state index is 15.5. The van der Waals surface area contributed by atoms with Gasteiger partial charge in [0.05, 0.1) is 24.2 Å². The van der Waals surface area contributed by atoms with Gasteiger partial charge in [0.2, 0.25) is 0 Å². The smallest absolute Gasteiger partial charge is 0.303 e.